The molecule has 4 rings (SSSR count). The number of rotatable bonds is 12. The average Bonchev–Trinajstić information content (AvgIpc) is 2.99. The molecule has 0 saturated carbocycles. The van der Waals surface area contributed by atoms with Crippen molar-refractivity contribution in [2.75, 3.05) is 19.5 Å². The number of nitrogens with zero attached hydrogens (tertiary/aromatic N) is 1. The maximum Gasteiger partial charge on any atom is 0.274 e. The topological polar surface area (TPSA) is 91.1 Å². The van der Waals surface area contributed by atoms with Gasteiger partial charge in [-0.15, -0.1) is 0 Å². The molecule has 1 unspecified atom stereocenters. The van der Waals surface area contributed by atoms with Crippen molar-refractivity contribution >= 4 is 21.6 Å². The SMILES string of the molecule is COc1ccc(C(OC(CCBr)c2ccc([N+](=O)[O-])c(CO)c2)(c2ccccc2)c2ccccc2)c(OC)c1. The third-order valence-electron chi connectivity index (χ3n) is 6.68. The molecule has 202 valence electrons. The predicted octanol–water partition coefficient (Wildman–Crippen LogP) is 6.94. The van der Waals surface area contributed by atoms with Gasteiger partial charge in [0, 0.05) is 23.0 Å². The van der Waals surface area contributed by atoms with Crippen LogP contribution in [0.25, 0.3) is 0 Å². The van der Waals surface area contributed by atoms with Crippen LogP contribution in [0, 0.1) is 10.1 Å². The first-order chi connectivity index (χ1) is 19.0. The summed E-state index contributed by atoms with van der Waals surface area (Å²) in [7, 11) is 3.21. The van der Waals surface area contributed by atoms with Gasteiger partial charge in [0.25, 0.3) is 5.69 Å². The Labute approximate surface area is 236 Å². The lowest BCUT2D eigenvalue weighted by molar-refractivity contribution is -0.385. The van der Waals surface area contributed by atoms with Gasteiger partial charge in [-0.25, -0.2) is 0 Å². The van der Waals surface area contributed by atoms with Gasteiger partial charge in [-0.2, -0.15) is 0 Å². The Morgan fingerprint density at radius 1 is 0.897 bits per heavy atom. The lowest BCUT2D eigenvalue weighted by Crippen LogP contribution is -2.35. The highest BCUT2D eigenvalue weighted by molar-refractivity contribution is 9.09. The highest BCUT2D eigenvalue weighted by Crippen LogP contribution is 2.48. The van der Waals surface area contributed by atoms with E-state index in [4.69, 9.17) is 14.2 Å². The van der Waals surface area contributed by atoms with Gasteiger partial charge in [-0.3, -0.25) is 10.1 Å². The van der Waals surface area contributed by atoms with Crippen molar-refractivity contribution in [2.24, 2.45) is 0 Å². The van der Waals surface area contributed by atoms with Crippen LogP contribution in [0.3, 0.4) is 0 Å². The second kappa shape index (κ2) is 12.9. The van der Waals surface area contributed by atoms with Gasteiger partial charge in [-0.1, -0.05) is 76.6 Å². The van der Waals surface area contributed by atoms with Crippen molar-refractivity contribution in [2.45, 2.75) is 24.7 Å². The summed E-state index contributed by atoms with van der Waals surface area (Å²) >= 11 is 3.57. The van der Waals surface area contributed by atoms with Crippen LogP contribution in [-0.2, 0) is 16.9 Å². The molecule has 39 heavy (non-hydrogen) atoms. The molecule has 0 aliphatic heterocycles. The fraction of sp³-hybridized carbons (Fsp3) is 0.226. The fourth-order valence-corrected chi connectivity index (χ4v) is 5.24. The number of hydrogen-bond donors (Lipinski definition) is 1. The third kappa shape index (κ3) is 5.83. The van der Waals surface area contributed by atoms with E-state index in [9.17, 15) is 15.2 Å². The molecule has 0 fully saturated rings. The van der Waals surface area contributed by atoms with Gasteiger partial charge in [0.05, 0.1) is 37.4 Å². The Kier molecular flexibility index (Phi) is 9.35. The van der Waals surface area contributed by atoms with E-state index in [0.717, 1.165) is 16.7 Å². The molecule has 0 bridgehead atoms. The molecule has 0 heterocycles. The number of benzene rings is 4. The smallest absolute Gasteiger partial charge is 0.274 e. The van der Waals surface area contributed by atoms with E-state index in [0.29, 0.717) is 28.8 Å². The minimum atomic E-state index is -1.13. The predicted molar refractivity (Wildman–Crippen MR) is 154 cm³/mol. The summed E-state index contributed by atoms with van der Waals surface area (Å²) in [6.45, 7) is -0.458. The summed E-state index contributed by atoms with van der Waals surface area (Å²) in [5.41, 5.74) is 2.21. The molecule has 0 radical (unpaired) electrons. The maximum absolute atomic E-state index is 11.5. The zero-order valence-corrected chi connectivity index (χ0v) is 23.3. The molecule has 0 spiro atoms. The maximum atomic E-state index is 11.5. The molecular formula is C31H30BrNO6. The van der Waals surface area contributed by atoms with Gasteiger partial charge in [0.15, 0.2) is 0 Å². The Balaban J connectivity index is 2.01. The van der Waals surface area contributed by atoms with Crippen molar-refractivity contribution in [3.63, 3.8) is 0 Å². The Bertz CT molecular complexity index is 1360. The average molecular weight is 592 g/mol. The second-order valence-corrected chi connectivity index (χ2v) is 9.66. The summed E-state index contributed by atoms with van der Waals surface area (Å²) in [5, 5.41) is 22.0. The Morgan fingerprint density at radius 2 is 1.54 bits per heavy atom. The van der Waals surface area contributed by atoms with Gasteiger partial charge < -0.3 is 19.3 Å². The first-order valence-electron chi connectivity index (χ1n) is 12.4. The van der Waals surface area contributed by atoms with Crippen LogP contribution < -0.4 is 9.47 Å². The molecule has 4 aromatic carbocycles. The molecule has 8 heteroatoms. The van der Waals surface area contributed by atoms with Gasteiger partial charge >= 0.3 is 0 Å². The minimum Gasteiger partial charge on any atom is -0.497 e. The summed E-state index contributed by atoms with van der Waals surface area (Å²) in [6, 6.07) is 30.2. The van der Waals surface area contributed by atoms with Crippen molar-refractivity contribution in [3.8, 4) is 11.5 Å². The van der Waals surface area contributed by atoms with Crippen LogP contribution >= 0.6 is 15.9 Å². The molecule has 1 N–H and O–H groups in total. The van der Waals surface area contributed by atoms with E-state index in [1.807, 2.05) is 78.9 Å². The number of aliphatic hydroxyl groups is 1. The van der Waals surface area contributed by atoms with Gasteiger partial charge in [0.2, 0.25) is 0 Å². The number of halogens is 1. The Morgan fingerprint density at radius 3 is 2.05 bits per heavy atom. The number of hydrogen-bond acceptors (Lipinski definition) is 6. The van der Waals surface area contributed by atoms with Crippen LogP contribution in [0.2, 0.25) is 0 Å². The van der Waals surface area contributed by atoms with E-state index in [-0.39, 0.29) is 11.3 Å². The number of aliphatic hydroxyl groups excluding tert-OH is 1. The summed E-state index contributed by atoms with van der Waals surface area (Å²) < 4.78 is 18.6. The number of alkyl halides is 1. The van der Waals surface area contributed by atoms with Crippen molar-refractivity contribution in [1.82, 2.24) is 0 Å². The summed E-state index contributed by atoms with van der Waals surface area (Å²) in [4.78, 5) is 11.0. The normalized spacial score (nSPS) is 12.1. The van der Waals surface area contributed by atoms with Crippen LogP contribution in [0.5, 0.6) is 11.5 Å². The highest BCUT2D eigenvalue weighted by Gasteiger charge is 2.42. The largest absolute Gasteiger partial charge is 0.497 e. The van der Waals surface area contributed by atoms with E-state index < -0.39 is 23.2 Å². The molecule has 1 atom stereocenters. The molecule has 4 aromatic rings. The summed E-state index contributed by atoms with van der Waals surface area (Å²) in [6.07, 6.45) is 0.0467. The quantitative estimate of drug-likeness (QED) is 0.0830. The van der Waals surface area contributed by atoms with E-state index in [1.165, 1.54) is 6.07 Å². The monoisotopic (exact) mass is 591 g/mol. The van der Waals surface area contributed by atoms with Crippen LogP contribution in [0.4, 0.5) is 5.69 Å². The van der Waals surface area contributed by atoms with Gasteiger partial charge in [-0.05, 0) is 47.4 Å². The number of nitro benzene ring substituents is 1. The van der Waals surface area contributed by atoms with E-state index >= 15 is 0 Å². The third-order valence-corrected chi connectivity index (χ3v) is 7.14. The summed E-state index contributed by atoms with van der Waals surface area (Å²) in [5.74, 6) is 1.23. The molecule has 0 aromatic heterocycles. The Hall–Kier alpha value is -3.72. The number of nitro groups is 1. The first-order valence-corrected chi connectivity index (χ1v) is 13.6. The lowest BCUT2D eigenvalue weighted by Gasteiger charge is -2.40. The van der Waals surface area contributed by atoms with E-state index in [2.05, 4.69) is 15.9 Å². The zero-order valence-electron chi connectivity index (χ0n) is 21.7. The van der Waals surface area contributed by atoms with Gasteiger partial charge in [0.1, 0.15) is 17.1 Å². The van der Waals surface area contributed by atoms with Crippen molar-refractivity contribution in [3.05, 3.63) is 135 Å². The number of ether oxygens (including phenoxy) is 3. The second-order valence-electron chi connectivity index (χ2n) is 8.87. The van der Waals surface area contributed by atoms with Crippen molar-refractivity contribution in [1.29, 1.82) is 0 Å². The first kappa shape index (κ1) is 28.3. The lowest BCUT2D eigenvalue weighted by atomic mass is 9.79. The highest BCUT2D eigenvalue weighted by atomic mass is 79.9. The molecule has 7 nitrogen and oxygen atoms in total. The fourth-order valence-electron chi connectivity index (χ4n) is 4.83. The molecule has 0 aliphatic carbocycles. The molecule has 0 amide bonds. The zero-order chi connectivity index (χ0) is 27.8. The molecule has 0 aliphatic rings. The molecular weight excluding hydrogens is 562 g/mol. The van der Waals surface area contributed by atoms with Crippen molar-refractivity contribution < 1.29 is 24.2 Å². The number of methoxy groups -OCH3 is 2. The van der Waals surface area contributed by atoms with Crippen LogP contribution in [0.1, 0.15) is 40.3 Å². The standard InChI is InChI=1S/C31H30BrNO6/c1-37-26-14-15-27(30(20-26)38-2)31(24-9-5-3-6-10-24,25-11-7-4-8-12-25)39-29(17-18-32)22-13-16-28(33(35)36)23(19-22)21-34/h3-16,19-20,29,34H,17-18,21H2,1-2H3. The molecule has 0 saturated heterocycles. The van der Waals surface area contributed by atoms with Crippen LogP contribution in [-0.4, -0.2) is 29.6 Å². The van der Waals surface area contributed by atoms with E-state index in [1.54, 1.807) is 26.4 Å². The van der Waals surface area contributed by atoms with Crippen LogP contribution in [0.15, 0.2) is 97.1 Å². The minimum absolute atomic E-state index is 0.131.